The molecule has 0 amide bonds. The smallest absolute Gasteiger partial charge is 0.259 e. The number of ether oxygens (including phenoxy) is 2. The lowest BCUT2D eigenvalue weighted by Crippen LogP contribution is -2.17. The Hall–Kier alpha value is -2.25. The number of benzene rings is 1. The van der Waals surface area contributed by atoms with Gasteiger partial charge in [0.2, 0.25) is 0 Å². The van der Waals surface area contributed by atoms with Gasteiger partial charge in [0, 0.05) is 36.3 Å². The van der Waals surface area contributed by atoms with Gasteiger partial charge < -0.3 is 9.47 Å². The van der Waals surface area contributed by atoms with Gasteiger partial charge in [0.1, 0.15) is 18.2 Å². The average Bonchev–Trinajstić information content (AvgIpc) is 3.27. The van der Waals surface area contributed by atoms with Crippen molar-refractivity contribution >= 4 is 16.3 Å². The summed E-state index contributed by atoms with van der Waals surface area (Å²) in [5.74, 6) is 1.06. The Kier molecular flexibility index (Phi) is 4.50. The van der Waals surface area contributed by atoms with E-state index in [1.54, 1.807) is 23.6 Å². The summed E-state index contributed by atoms with van der Waals surface area (Å²) in [6.45, 7) is 2.91. The van der Waals surface area contributed by atoms with Gasteiger partial charge in [-0.1, -0.05) is 0 Å². The van der Waals surface area contributed by atoms with Crippen LogP contribution in [0.5, 0.6) is 5.75 Å². The molecule has 2 aromatic heterocycles. The van der Waals surface area contributed by atoms with Gasteiger partial charge in [-0.2, -0.15) is 0 Å². The van der Waals surface area contributed by atoms with Gasteiger partial charge in [-0.05, 0) is 43.5 Å². The zero-order chi connectivity index (χ0) is 18.3. The van der Waals surface area contributed by atoms with E-state index in [1.807, 2.05) is 6.92 Å². The zero-order valence-corrected chi connectivity index (χ0v) is 15.4. The molecule has 26 heavy (non-hydrogen) atoms. The van der Waals surface area contributed by atoms with Gasteiger partial charge in [0.05, 0.1) is 5.69 Å². The van der Waals surface area contributed by atoms with Crippen LogP contribution in [0.4, 0.5) is 4.39 Å². The molecule has 0 N–H and O–H groups in total. The van der Waals surface area contributed by atoms with Crippen molar-refractivity contribution in [2.45, 2.75) is 25.9 Å². The van der Waals surface area contributed by atoms with Crippen molar-refractivity contribution in [3.63, 3.8) is 0 Å². The highest BCUT2D eigenvalue weighted by Crippen LogP contribution is 2.49. The molecule has 0 radical (unpaired) electrons. The number of hydrogen-bond acceptors (Lipinski definition) is 5. The number of halogens is 1. The van der Waals surface area contributed by atoms with Crippen LogP contribution in [-0.2, 0) is 11.3 Å². The molecule has 0 bridgehead atoms. The molecule has 3 aromatic rings. The fourth-order valence-corrected chi connectivity index (χ4v) is 4.38. The molecule has 0 aliphatic heterocycles. The highest BCUT2D eigenvalue weighted by atomic mass is 32.1. The number of fused-ring (bicyclic) bond motifs is 1. The molecule has 1 saturated carbocycles. The summed E-state index contributed by atoms with van der Waals surface area (Å²) in [5.41, 5.74) is 1.54. The Morgan fingerprint density at radius 3 is 2.85 bits per heavy atom. The van der Waals surface area contributed by atoms with Crippen LogP contribution in [0.2, 0.25) is 0 Å². The quantitative estimate of drug-likeness (QED) is 0.662. The normalized spacial score (nSPS) is 19.0. The topological polar surface area (TPSA) is 52.8 Å². The first-order valence-corrected chi connectivity index (χ1v) is 9.27. The third-order valence-corrected chi connectivity index (χ3v) is 5.61. The molecule has 5 nitrogen and oxygen atoms in total. The number of aryl methyl sites for hydroxylation is 1. The molecule has 2 heterocycles. The summed E-state index contributed by atoms with van der Waals surface area (Å²) in [6.07, 6.45) is 1.04. The number of aromatic nitrogens is 2. The van der Waals surface area contributed by atoms with Gasteiger partial charge in [-0.3, -0.25) is 9.20 Å². The van der Waals surface area contributed by atoms with Gasteiger partial charge in [0.25, 0.3) is 5.56 Å². The first kappa shape index (κ1) is 17.2. The minimum Gasteiger partial charge on any atom is -0.487 e. The summed E-state index contributed by atoms with van der Waals surface area (Å²) < 4.78 is 25.5. The van der Waals surface area contributed by atoms with E-state index >= 15 is 0 Å². The van der Waals surface area contributed by atoms with Crippen molar-refractivity contribution in [1.29, 1.82) is 0 Å². The van der Waals surface area contributed by atoms with E-state index < -0.39 is 0 Å². The van der Waals surface area contributed by atoms with E-state index in [0.29, 0.717) is 34.8 Å². The van der Waals surface area contributed by atoms with E-state index in [-0.39, 0.29) is 18.0 Å². The van der Waals surface area contributed by atoms with Crippen molar-refractivity contribution in [2.75, 3.05) is 13.7 Å². The minimum atomic E-state index is -0.316. The van der Waals surface area contributed by atoms with Crippen LogP contribution in [0, 0.1) is 18.7 Å². The van der Waals surface area contributed by atoms with Gasteiger partial charge in [-0.15, -0.1) is 11.3 Å². The molecule has 136 valence electrons. The molecule has 1 fully saturated rings. The summed E-state index contributed by atoms with van der Waals surface area (Å²) in [7, 11) is 1.70. The van der Waals surface area contributed by atoms with Crippen LogP contribution in [0.25, 0.3) is 4.96 Å². The Labute approximate surface area is 154 Å². The summed E-state index contributed by atoms with van der Waals surface area (Å²) in [5, 5.41) is 0. The lowest BCUT2D eigenvalue weighted by atomic mass is 10.2. The molecule has 1 aliphatic carbocycles. The van der Waals surface area contributed by atoms with Crippen LogP contribution < -0.4 is 10.3 Å². The maximum atomic E-state index is 12.9. The Balaban J connectivity index is 1.59. The fourth-order valence-electron chi connectivity index (χ4n) is 3.31. The van der Waals surface area contributed by atoms with Crippen LogP contribution >= 0.6 is 11.3 Å². The Morgan fingerprint density at radius 2 is 2.12 bits per heavy atom. The molecule has 1 aliphatic rings. The second kappa shape index (κ2) is 6.81. The molecule has 4 rings (SSSR count). The van der Waals surface area contributed by atoms with Crippen LogP contribution in [0.3, 0.4) is 0 Å². The zero-order valence-electron chi connectivity index (χ0n) is 14.6. The fraction of sp³-hybridized carbons (Fsp3) is 0.368. The highest BCUT2D eigenvalue weighted by molar-refractivity contribution is 7.17. The lowest BCUT2D eigenvalue weighted by molar-refractivity contribution is 0.184. The largest absolute Gasteiger partial charge is 0.487 e. The van der Waals surface area contributed by atoms with Gasteiger partial charge >= 0.3 is 0 Å². The van der Waals surface area contributed by atoms with Crippen molar-refractivity contribution in [1.82, 2.24) is 9.38 Å². The molecule has 7 heteroatoms. The SMILES string of the molecule is COCC1CC1c1c(C)sc2nc(COc3ccc(F)cc3)cc(=O)n12. The monoisotopic (exact) mass is 374 g/mol. The van der Waals surface area contributed by atoms with Gasteiger partial charge in [-0.25, -0.2) is 9.37 Å². The van der Waals surface area contributed by atoms with E-state index in [9.17, 15) is 9.18 Å². The summed E-state index contributed by atoms with van der Waals surface area (Å²) in [4.78, 5) is 19.1. The molecule has 2 unspecified atom stereocenters. The molecule has 0 spiro atoms. The highest BCUT2D eigenvalue weighted by Gasteiger charge is 2.41. The number of nitrogens with zero attached hydrogens (tertiary/aromatic N) is 2. The van der Waals surface area contributed by atoms with E-state index in [4.69, 9.17) is 9.47 Å². The number of rotatable bonds is 6. The van der Waals surface area contributed by atoms with Crippen molar-refractivity contribution in [2.24, 2.45) is 5.92 Å². The van der Waals surface area contributed by atoms with Gasteiger partial charge in [0.15, 0.2) is 4.96 Å². The second-order valence-electron chi connectivity index (χ2n) is 6.55. The summed E-state index contributed by atoms with van der Waals surface area (Å²) in [6, 6.07) is 7.29. The molecule has 0 saturated heterocycles. The third-order valence-electron chi connectivity index (χ3n) is 4.64. The molecular weight excluding hydrogens is 355 g/mol. The van der Waals surface area contributed by atoms with Crippen LogP contribution in [0.15, 0.2) is 35.1 Å². The van der Waals surface area contributed by atoms with Crippen LogP contribution in [-0.4, -0.2) is 23.1 Å². The Bertz CT molecular complexity index is 996. The van der Waals surface area contributed by atoms with Crippen LogP contribution in [0.1, 0.15) is 28.6 Å². The molecular formula is C19H19FN2O3S. The van der Waals surface area contributed by atoms with Crippen molar-refractivity contribution < 1.29 is 13.9 Å². The Morgan fingerprint density at radius 1 is 1.35 bits per heavy atom. The predicted octanol–water partition coefficient (Wildman–Crippen LogP) is 3.53. The maximum absolute atomic E-state index is 12.9. The van der Waals surface area contributed by atoms with E-state index in [0.717, 1.165) is 17.0 Å². The van der Waals surface area contributed by atoms with Crippen molar-refractivity contribution in [3.05, 3.63) is 62.8 Å². The first-order valence-electron chi connectivity index (χ1n) is 8.46. The number of hydrogen-bond donors (Lipinski definition) is 0. The molecule has 2 atom stereocenters. The standard InChI is InChI=1S/C19H19FN2O3S/c1-11-18(16-7-12(16)9-24-2)22-17(23)8-14(21-19(22)26-11)10-25-15-5-3-13(20)4-6-15/h3-6,8,12,16H,7,9-10H2,1-2H3. The maximum Gasteiger partial charge on any atom is 0.259 e. The third kappa shape index (κ3) is 3.24. The first-order chi connectivity index (χ1) is 12.6. The number of thiazole rings is 1. The average molecular weight is 374 g/mol. The lowest BCUT2D eigenvalue weighted by Gasteiger charge is -2.06. The second-order valence-corrected chi connectivity index (χ2v) is 7.73. The molecule has 1 aromatic carbocycles. The minimum absolute atomic E-state index is 0.0878. The van der Waals surface area contributed by atoms with E-state index in [1.165, 1.54) is 29.5 Å². The number of methoxy groups -OCH3 is 1. The van der Waals surface area contributed by atoms with E-state index in [2.05, 4.69) is 4.98 Å². The predicted molar refractivity (Wildman–Crippen MR) is 97.5 cm³/mol. The summed E-state index contributed by atoms with van der Waals surface area (Å²) >= 11 is 1.53. The van der Waals surface area contributed by atoms with Crippen molar-refractivity contribution in [3.8, 4) is 5.75 Å².